The second kappa shape index (κ2) is 7.50. The monoisotopic (exact) mass is 327 g/mol. The maximum Gasteiger partial charge on any atom is 0.302 e. The van der Waals surface area contributed by atoms with Gasteiger partial charge in [-0.2, -0.15) is 0 Å². The first-order valence-corrected chi connectivity index (χ1v) is 7.41. The first-order chi connectivity index (χ1) is 11.4. The third-order valence-electron chi connectivity index (χ3n) is 3.59. The predicted molar refractivity (Wildman–Crippen MR) is 88.0 cm³/mol. The molecule has 2 aromatic carbocycles. The molecule has 0 aliphatic heterocycles. The van der Waals surface area contributed by atoms with Gasteiger partial charge in [-0.3, -0.25) is 19.7 Å². The molecule has 1 atom stereocenters. The van der Waals surface area contributed by atoms with Crippen LogP contribution in [0.3, 0.4) is 0 Å². The third-order valence-corrected chi connectivity index (χ3v) is 3.59. The van der Waals surface area contributed by atoms with Crippen molar-refractivity contribution in [3.05, 3.63) is 75.3 Å². The molecular weight excluding hydrogens is 310 g/mol. The van der Waals surface area contributed by atoms with Gasteiger partial charge in [0.05, 0.1) is 11.5 Å². The number of ether oxygens (including phenoxy) is 1. The maximum atomic E-state index is 12.5. The van der Waals surface area contributed by atoms with Crippen molar-refractivity contribution < 1.29 is 19.2 Å². The van der Waals surface area contributed by atoms with Crippen molar-refractivity contribution in [1.82, 2.24) is 0 Å². The molecule has 0 saturated carbocycles. The van der Waals surface area contributed by atoms with Crippen molar-refractivity contribution in [2.24, 2.45) is 0 Å². The molecule has 0 aliphatic carbocycles. The van der Waals surface area contributed by atoms with Crippen LogP contribution in [0.2, 0.25) is 0 Å². The SMILES string of the molecule is CC(=O)OCC(C)c1cc(C(=O)c2ccccc2)ccc1[N+](=O)[O-]. The highest BCUT2D eigenvalue weighted by Gasteiger charge is 2.22. The van der Waals surface area contributed by atoms with Crippen LogP contribution in [0.5, 0.6) is 0 Å². The van der Waals surface area contributed by atoms with Crippen LogP contribution >= 0.6 is 0 Å². The minimum atomic E-state index is -0.504. The number of ketones is 1. The minimum absolute atomic E-state index is 0.0130. The van der Waals surface area contributed by atoms with E-state index < -0.39 is 16.8 Å². The average Bonchev–Trinajstić information content (AvgIpc) is 2.59. The third kappa shape index (κ3) is 4.04. The van der Waals surface area contributed by atoms with Crippen molar-refractivity contribution in [3.63, 3.8) is 0 Å². The molecule has 2 rings (SSSR count). The summed E-state index contributed by atoms with van der Waals surface area (Å²) in [5.74, 6) is -1.08. The van der Waals surface area contributed by atoms with Crippen LogP contribution in [0.1, 0.15) is 41.3 Å². The van der Waals surface area contributed by atoms with Gasteiger partial charge in [-0.25, -0.2) is 0 Å². The van der Waals surface area contributed by atoms with E-state index in [1.165, 1.54) is 25.1 Å². The molecule has 0 bridgehead atoms. The van der Waals surface area contributed by atoms with Gasteiger partial charge in [0.25, 0.3) is 5.69 Å². The van der Waals surface area contributed by atoms with E-state index in [0.717, 1.165) is 0 Å². The van der Waals surface area contributed by atoms with Gasteiger partial charge in [0.1, 0.15) is 0 Å². The van der Waals surface area contributed by atoms with Crippen LogP contribution in [0, 0.1) is 10.1 Å². The summed E-state index contributed by atoms with van der Waals surface area (Å²) in [6, 6.07) is 12.9. The van der Waals surface area contributed by atoms with E-state index in [1.807, 2.05) is 0 Å². The number of carbonyl (C=O) groups is 2. The zero-order valence-corrected chi connectivity index (χ0v) is 13.4. The molecule has 0 radical (unpaired) electrons. The normalized spacial score (nSPS) is 11.6. The van der Waals surface area contributed by atoms with E-state index in [-0.39, 0.29) is 18.1 Å². The molecule has 0 aromatic heterocycles. The van der Waals surface area contributed by atoms with Gasteiger partial charge >= 0.3 is 5.97 Å². The lowest BCUT2D eigenvalue weighted by atomic mass is 9.94. The summed E-state index contributed by atoms with van der Waals surface area (Å²) < 4.78 is 4.93. The van der Waals surface area contributed by atoms with Gasteiger partial charge in [-0.15, -0.1) is 0 Å². The summed E-state index contributed by atoms with van der Waals surface area (Å²) in [5.41, 5.74) is 1.13. The maximum absolute atomic E-state index is 12.5. The summed E-state index contributed by atoms with van der Waals surface area (Å²) in [5, 5.41) is 11.2. The molecule has 0 N–H and O–H groups in total. The largest absolute Gasteiger partial charge is 0.465 e. The van der Waals surface area contributed by atoms with Crippen LogP contribution in [0.4, 0.5) is 5.69 Å². The predicted octanol–water partition coefficient (Wildman–Crippen LogP) is 3.49. The Balaban J connectivity index is 2.38. The Hall–Kier alpha value is -3.02. The fraction of sp³-hybridized carbons (Fsp3) is 0.222. The molecule has 0 aliphatic rings. The van der Waals surface area contributed by atoms with Crippen molar-refractivity contribution in [2.45, 2.75) is 19.8 Å². The van der Waals surface area contributed by atoms with Gasteiger partial charge < -0.3 is 4.74 Å². The smallest absolute Gasteiger partial charge is 0.302 e. The number of benzene rings is 2. The van der Waals surface area contributed by atoms with E-state index in [1.54, 1.807) is 37.3 Å². The van der Waals surface area contributed by atoms with Gasteiger partial charge in [0.2, 0.25) is 0 Å². The van der Waals surface area contributed by atoms with Crippen LogP contribution in [0.25, 0.3) is 0 Å². The standard InChI is InChI=1S/C18H17NO5/c1-12(11-24-13(2)20)16-10-15(8-9-17(16)19(22)23)18(21)14-6-4-3-5-7-14/h3-10,12H,11H2,1-2H3. The highest BCUT2D eigenvalue weighted by Crippen LogP contribution is 2.28. The fourth-order valence-electron chi connectivity index (χ4n) is 2.35. The number of nitro groups is 1. The summed E-state index contributed by atoms with van der Waals surface area (Å²) in [7, 11) is 0. The first kappa shape index (κ1) is 17.3. The number of hydrogen-bond donors (Lipinski definition) is 0. The van der Waals surface area contributed by atoms with Gasteiger partial charge in [0, 0.05) is 35.6 Å². The minimum Gasteiger partial charge on any atom is -0.465 e. The van der Waals surface area contributed by atoms with Crippen molar-refractivity contribution >= 4 is 17.4 Å². The van der Waals surface area contributed by atoms with Crippen molar-refractivity contribution in [1.29, 1.82) is 0 Å². The van der Waals surface area contributed by atoms with E-state index in [0.29, 0.717) is 16.7 Å². The Kier molecular flexibility index (Phi) is 5.42. The van der Waals surface area contributed by atoms with E-state index in [4.69, 9.17) is 4.74 Å². The second-order valence-electron chi connectivity index (χ2n) is 5.43. The molecular formula is C18H17NO5. The number of nitrogens with zero attached hydrogens (tertiary/aromatic N) is 1. The molecule has 124 valence electrons. The molecule has 0 fully saturated rings. The molecule has 0 spiro atoms. The lowest BCUT2D eigenvalue weighted by Crippen LogP contribution is -2.11. The van der Waals surface area contributed by atoms with Crippen LogP contribution in [-0.2, 0) is 9.53 Å². The molecule has 1 unspecified atom stereocenters. The number of carbonyl (C=O) groups excluding carboxylic acids is 2. The number of hydrogen-bond acceptors (Lipinski definition) is 5. The Labute approximate surface area is 139 Å². The zero-order valence-electron chi connectivity index (χ0n) is 13.4. The lowest BCUT2D eigenvalue weighted by molar-refractivity contribution is -0.385. The van der Waals surface area contributed by atoms with E-state index in [2.05, 4.69) is 0 Å². The van der Waals surface area contributed by atoms with Crippen LogP contribution in [-0.4, -0.2) is 23.3 Å². The number of nitro benzene ring substituents is 1. The van der Waals surface area contributed by atoms with Crippen LogP contribution in [0.15, 0.2) is 48.5 Å². The highest BCUT2D eigenvalue weighted by atomic mass is 16.6. The number of rotatable bonds is 6. The second-order valence-corrected chi connectivity index (χ2v) is 5.43. The topological polar surface area (TPSA) is 86.5 Å². The van der Waals surface area contributed by atoms with E-state index >= 15 is 0 Å². The van der Waals surface area contributed by atoms with Crippen molar-refractivity contribution in [3.8, 4) is 0 Å². The fourth-order valence-corrected chi connectivity index (χ4v) is 2.35. The lowest BCUT2D eigenvalue weighted by Gasteiger charge is -2.13. The average molecular weight is 327 g/mol. The first-order valence-electron chi connectivity index (χ1n) is 7.41. The Morgan fingerprint density at radius 3 is 2.38 bits per heavy atom. The quantitative estimate of drug-likeness (QED) is 0.351. The Morgan fingerprint density at radius 1 is 1.12 bits per heavy atom. The van der Waals surface area contributed by atoms with Gasteiger partial charge in [-0.1, -0.05) is 37.3 Å². The molecule has 0 saturated heterocycles. The molecule has 2 aromatic rings. The van der Waals surface area contributed by atoms with Crippen LogP contribution < -0.4 is 0 Å². The summed E-state index contributed by atoms with van der Waals surface area (Å²) >= 11 is 0. The molecule has 0 amide bonds. The molecule has 0 heterocycles. The molecule has 6 nitrogen and oxygen atoms in total. The summed E-state index contributed by atoms with van der Waals surface area (Å²) in [6.07, 6.45) is 0. The summed E-state index contributed by atoms with van der Waals surface area (Å²) in [4.78, 5) is 34.2. The van der Waals surface area contributed by atoms with Gasteiger partial charge in [-0.05, 0) is 12.1 Å². The zero-order chi connectivity index (χ0) is 17.7. The van der Waals surface area contributed by atoms with Gasteiger partial charge in [0.15, 0.2) is 5.78 Å². The van der Waals surface area contributed by atoms with E-state index in [9.17, 15) is 19.7 Å². The molecule has 24 heavy (non-hydrogen) atoms. The number of esters is 1. The van der Waals surface area contributed by atoms with Crippen molar-refractivity contribution in [2.75, 3.05) is 6.61 Å². The Morgan fingerprint density at radius 2 is 1.79 bits per heavy atom. The Bertz CT molecular complexity index is 770. The molecule has 6 heteroatoms. The highest BCUT2D eigenvalue weighted by molar-refractivity contribution is 6.09. The summed E-state index contributed by atoms with van der Waals surface area (Å²) in [6.45, 7) is 3.00.